The van der Waals surface area contributed by atoms with Gasteiger partial charge >= 0.3 is 12.1 Å². The van der Waals surface area contributed by atoms with Crippen molar-refractivity contribution in [1.82, 2.24) is 10.6 Å². The first-order valence-corrected chi connectivity index (χ1v) is 10.6. The molecule has 7 nitrogen and oxygen atoms in total. The third-order valence-electron chi connectivity index (χ3n) is 5.53. The van der Waals surface area contributed by atoms with E-state index in [0.717, 1.165) is 28.7 Å². The molecule has 7 heteroatoms. The number of nitrogens with one attached hydrogen (secondary N) is 2. The monoisotopic (exact) mass is 424 g/mol. The molecule has 2 aromatic rings. The highest BCUT2D eigenvalue weighted by molar-refractivity contribution is 5.89. The van der Waals surface area contributed by atoms with Crippen LogP contribution >= 0.6 is 0 Å². The molecule has 31 heavy (non-hydrogen) atoms. The topological polar surface area (TPSA) is 105 Å². The second-order valence-electron chi connectivity index (χ2n) is 7.73. The Morgan fingerprint density at radius 1 is 1.00 bits per heavy atom. The van der Waals surface area contributed by atoms with E-state index in [9.17, 15) is 14.4 Å². The van der Waals surface area contributed by atoms with Crippen LogP contribution in [-0.2, 0) is 14.3 Å². The van der Waals surface area contributed by atoms with Gasteiger partial charge in [-0.25, -0.2) is 4.79 Å². The summed E-state index contributed by atoms with van der Waals surface area (Å²) < 4.78 is 5.51. The summed E-state index contributed by atoms with van der Waals surface area (Å²) in [5.41, 5.74) is 4.48. The van der Waals surface area contributed by atoms with Gasteiger partial charge < -0.3 is 20.5 Å². The van der Waals surface area contributed by atoms with Crippen molar-refractivity contribution in [3.8, 4) is 11.1 Å². The number of carboxylic acid groups (broad SMARTS) is 1. The van der Waals surface area contributed by atoms with Crippen molar-refractivity contribution in [2.45, 2.75) is 51.1 Å². The number of carbonyl (C=O) groups is 3. The number of benzene rings is 2. The smallest absolute Gasteiger partial charge is 0.407 e. The van der Waals surface area contributed by atoms with Crippen LogP contribution in [0.2, 0.25) is 0 Å². The number of aliphatic carboxylic acids is 1. The van der Waals surface area contributed by atoms with Gasteiger partial charge in [-0.3, -0.25) is 9.59 Å². The summed E-state index contributed by atoms with van der Waals surface area (Å²) in [6.07, 6.45) is 1.26. The number of amides is 2. The first-order valence-electron chi connectivity index (χ1n) is 10.6. The lowest BCUT2D eigenvalue weighted by atomic mass is 9.98. The minimum Gasteiger partial charge on any atom is -0.480 e. The van der Waals surface area contributed by atoms with Gasteiger partial charge in [0.05, 0.1) is 0 Å². The summed E-state index contributed by atoms with van der Waals surface area (Å²) in [5, 5.41) is 14.0. The summed E-state index contributed by atoms with van der Waals surface area (Å²) >= 11 is 0. The Morgan fingerprint density at radius 2 is 1.58 bits per heavy atom. The van der Waals surface area contributed by atoms with Crippen LogP contribution in [0.5, 0.6) is 0 Å². The van der Waals surface area contributed by atoms with Crippen LogP contribution in [0.4, 0.5) is 4.79 Å². The van der Waals surface area contributed by atoms with E-state index in [1.54, 1.807) is 0 Å². The highest BCUT2D eigenvalue weighted by Crippen LogP contribution is 2.44. The molecule has 0 aliphatic heterocycles. The number of unbranched alkanes of at least 4 members (excludes halogenated alkanes) is 1. The van der Waals surface area contributed by atoms with Crippen molar-refractivity contribution >= 4 is 18.0 Å². The Hall–Kier alpha value is -3.35. The van der Waals surface area contributed by atoms with Gasteiger partial charge in [0, 0.05) is 5.92 Å². The van der Waals surface area contributed by atoms with E-state index in [-0.39, 0.29) is 12.5 Å². The van der Waals surface area contributed by atoms with Gasteiger partial charge in [0.1, 0.15) is 18.7 Å². The highest BCUT2D eigenvalue weighted by atomic mass is 16.5. The van der Waals surface area contributed by atoms with Gasteiger partial charge in [0.25, 0.3) is 0 Å². The van der Waals surface area contributed by atoms with Crippen molar-refractivity contribution in [3.63, 3.8) is 0 Å². The molecule has 1 aliphatic carbocycles. The number of ether oxygens (including phenoxy) is 1. The molecule has 164 valence electrons. The van der Waals surface area contributed by atoms with E-state index in [1.807, 2.05) is 43.3 Å². The maximum atomic E-state index is 12.5. The molecule has 0 heterocycles. The number of rotatable bonds is 9. The van der Waals surface area contributed by atoms with Crippen LogP contribution in [0, 0.1) is 0 Å². The van der Waals surface area contributed by atoms with Crippen molar-refractivity contribution in [3.05, 3.63) is 59.7 Å². The molecule has 3 rings (SSSR count). The summed E-state index contributed by atoms with van der Waals surface area (Å²) in [6, 6.07) is 14.2. The van der Waals surface area contributed by atoms with E-state index in [4.69, 9.17) is 9.84 Å². The predicted molar refractivity (Wildman–Crippen MR) is 117 cm³/mol. The summed E-state index contributed by atoms with van der Waals surface area (Å²) in [6.45, 7) is 3.50. The zero-order chi connectivity index (χ0) is 22.4. The zero-order valence-electron chi connectivity index (χ0n) is 17.8. The summed E-state index contributed by atoms with van der Waals surface area (Å²) in [4.78, 5) is 36.0. The quantitative estimate of drug-likeness (QED) is 0.570. The Bertz CT molecular complexity index is 913. The molecule has 2 atom stereocenters. The first kappa shape index (κ1) is 22.3. The van der Waals surface area contributed by atoms with Gasteiger partial charge in [-0.15, -0.1) is 0 Å². The Morgan fingerprint density at radius 3 is 2.13 bits per heavy atom. The first-order chi connectivity index (χ1) is 14.9. The fourth-order valence-corrected chi connectivity index (χ4v) is 3.84. The molecule has 0 saturated carbocycles. The van der Waals surface area contributed by atoms with E-state index >= 15 is 0 Å². The number of carbonyl (C=O) groups excluding carboxylic acids is 2. The largest absolute Gasteiger partial charge is 0.480 e. The lowest BCUT2D eigenvalue weighted by molar-refractivity contribution is -0.141. The number of hydrogen-bond acceptors (Lipinski definition) is 4. The van der Waals surface area contributed by atoms with E-state index in [0.29, 0.717) is 12.8 Å². The molecule has 0 saturated heterocycles. The number of carboxylic acids is 1. The molecule has 0 radical (unpaired) electrons. The van der Waals surface area contributed by atoms with Gasteiger partial charge in [-0.05, 0) is 35.6 Å². The lowest BCUT2D eigenvalue weighted by Crippen LogP contribution is -2.50. The molecule has 0 fully saturated rings. The molecule has 2 unspecified atom stereocenters. The second kappa shape index (κ2) is 10.1. The molecule has 2 aromatic carbocycles. The average Bonchev–Trinajstić information content (AvgIpc) is 3.08. The van der Waals surface area contributed by atoms with Crippen molar-refractivity contribution in [2.24, 2.45) is 0 Å². The Kier molecular flexibility index (Phi) is 7.28. The molecule has 0 bridgehead atoms. The maximum Gasteiger partial charge on any atom is 0.407 e. The normalized spacial score (nSPS) is 14.1. The van der Waals surface area contributed by atoms with Crippen LogP contribution in [-0.4, -0.2) is 41.8 Å². The zero-order valence-corrected chi connectivity index (χ0v) is 17.8. The fraction of sp³-hybridized carbons (Fsp3) is 0.375. The standard InChI is InChI=1S/C24H28N2O5/c1-3-4-13-21(22(27)25-15(2)23(28)29)26-24(30)31-14-20-18-11-7-5-9-16(18)17-10-6-8-12-19(17)20/h5-12,15,20-21H,3-4,13-14H2,1-2H3,(H,25,27)(H,26,30)(H,28,29). The predicted octanol–water partition coefficient (Wildman–Crippen LogP) is 3.67. The molecular weight excluding hydrogens is 396 g/mol. The third kappa shape index (κ3) is 5.23. The summed E-state index contributed by atoms with van der Waals surface area (Å²) in [7, 11) is 0. The van der Waals surface area contributed by atoms with E-state index in [1.165, 1.54) is 6.92 Å². The highest BCUT2D eigenvalue weighted by Gasteiger charge is 2.30. The van der Waals surface area contributed by atoms with E-state index in [2.05, 4.69) is 22.8 Å². The molecule has 3 N–H and O–H groups in total. The minimum atomic E-state index is -1.14. The van der Waals surface area contributed by atoms with Gasteiger partial charge in [-0.1, -0.05) is 68.3 Å². The van der Waals surface area contributed by atoms with E-state index < -0.39 is 30.1 Å². The average molecular weight is 424 g/mol. The van der Waals surface area contributed by atoms with Crippen LogP contribution < -0.4 is 10.6 Å². The molecule has 0 aromatic heterocycles. The van der Waals surface area contributed by atoms with Crippen molar-refractivity contribution in [1.29, 1.82) is 0 Å². The molecule has 1 aliphatic rings. The lowest BCUT2D eigenvalue weighted by Gasteiger charge is -2.20. The van der Waals surface area contributed by atoms with Crippen LogP contribution in [0.25, 0.3) is 11.1 Å². The van der Waals surface area contributed by atoms with Crippen LogP contribution in [0.3, 0.4) is 0 Å². The van der Waals surface area contributed by atoms with Crippen LogP contribution in [0.15, 0.2) is 48.5 Å². The fourth-order valence-electron chi connectivity index (χ4n) is 3.84. The number of alkyl carbamates (subject to hydrolysis) is 1. The van der Waals surface area contributed by atoms with Crippen molar-refractivity contribution in [2.75, 3.05) is 6.61 Å². The number of hydrogen-bond donors (Lipinski definition) is 3. The molecular formula is C24H28N2O5. The second-order valence-corrected chi connectivity index (χ2v) is 7.73. The van der Waals surface area contributed by atoms with Crippen LogP contribution in [0.1, 0.15) is 50.2 Å². The van der Waals surface area contributed by atoms with Gasteiger partial charge in [0.2, 0.25) is 5.91 Å². The Balaban J connectivity index is 1.65. The number of fused-ring (bicyclic) bond motifs is 3. The van der Waals surface area contributed by atoms with Crippen molar-refractivity contribution < 1.29 is 24.2 Å². The Labute approximate surface area is 181 Å². The van der Waals surface area contributed by atoms with Gasteiger partial charge in [-0.2, -0.15) is 0 Å². The maximum absolute atomic E-state index is 12.5. The SMILES string of the molecule is CCCCC(NC(=O)OCC1c2ccccc2-c2ccccc21)C(=O)NC(C)C(=O)O. The molecule has 0 spiro atoms. The summed E-state index contributed by atoms with van der Waals surface area (Å²) in [5.74, 6) is -1.74. The minimum absolute atomic E-state index is 0.0758. The van der Waals surface area contributed by atoms with Gasteiger partial charge in [0.15, 0.2) is 0 Å². The molecule has 2 amide bonds. The third-order valence-corrected chi connectivity index (χ3v) is 5.53.